The normalized spacial score (nSPS) is 10.9. The van der Waals surface area contributed by atoms with E-state index in [2.05, 4.69) is 51.4 Å². The van der Waals surface area contributed by atoms with Gasteiger partial charge in [0.2, 0.25) is 0 Å². The zero-order valence-corrected chi connectivity index (χ0v) is 21.0. The van der Waals surface area contributed by atoms with Crippen molar-refractivity contribution in [2.24, 2.45) is 0 Å². The van der Waals surface area contributed by atoms with Gasteiger partial charge in [0.1, 0.15) is 0 Å². The first kappa shape index (κ1) is 25.6. The highest BCUT2D eigenvalue weighted by molar-refractivity contribution is 5.93. The highest BCUT2D eigenvalue weighted by atomic mass is 16.5. The van der Waals surface area contributed by atoms with Gasteiger partial charge in [-0.15, -0.1) is 0 Å². The van der Waals surface area contributed by atoms with Crippen LogP contribution in [0.5, 0.6) is 0 Å². The summed E-state index contributed by atoms with van der Waals surface area (Å²) in [6.45, 7) is 4.27. The zero-order valence-electron chi connectivity index (χ0n) is 21.0. The van der Waals surface area contributed by atoms with Crippen LogP contribution in [-0.2, 0) is 16.1 Å². The Morgan fingerprint density at radius 3 is 2.11 bits per heavy atom. The van der Waals surface area contributed by atoms with Crippen molar-refractivity contribution in [1.29, 1.82) is 0 Å². The summed E-state index contributed by atoms with van der Waals surface area (Å²) < 4.78 is 4.67. The molecule has 0 saturated carbocycles. The molecule has 2 amide bonds. The fourth-order valence-electron chi connectivity index (χ4n) is 3.57. The van der Waals surface area contributed by atoms with Gasteiger partial charge in [-0.2, -0.15) is 0 Å². The molecule has 182 valence electrons. The third-order valence-corrected chi connectivity index (χ3v) is 5.46. The molecular formula is C29H33N3O3. The van der Waals surface area contributed by atoms with Crippen LogP contribution in [0, 0.1) is 0 Å². The summed E-state index contributed by atoms with van der Waals surface area (Å²) in [6, 6.07) is 24.0. The number of esters is 1. The average Bonchev–Trinajstić information content (AvgIpc) is 2.86. The van der Waals surface area contributed by atoms with Crippen LogP contribution in [0.1, 0.15) is 25.0 Å². The Labute approximate surface area is 207 Å². The first-order chi connectivity index (χ1) is 16.8. The summed E-state index contributed by atoms with van der Waals surface area (Å²) >= 11 is 0. The van der Waals surface area contributed by atoms with Crippen LogP contribution >= 0.6 is 0 Å². The van der Waals surface area contributed by atoms with Gasteiger partial charge in [0, 0.05) is 37.6 Å². The van der Waals surface area contributed by atoms with E-state index < -0.39 is 5.97 Å². The van der Waals surface area contributed by atoms with Crippen LogP contribution in [0.25, 0.3) is 17.2 Å². The van der Waals surface area contributed by atoms with Crippen molar-refractivity contribution in [3.05, 3.63) is 90.0 Å². The summed E-state index contributed by atoms with van der Waals surface area (Å²) in [4.78, 5) is 28.3. The maximum atomic E-state index is 13.1. The molecule has 3 aromatic rings. The Hall–Kier alpha value is -4.06. The smallest absolute Gasteiger partial charge is 0.330 e. The molecule has 0 aromatic heterocycles. The van der Waals surface area contributed by atoms with Crippen LogP contribution in [0.4, 0.5) is 16.2 Å². The summed E-state index contributed by atoms with van der Waals surface area (Å²) in [6.07, 6.45) is 3.03. The van der Waals surface area contributed by atoms with E-state index in [0.29, 0.717) is 6.54 Å². The van der Waals surface area contributed by atoms with Crippen LogP contribution in [0.2, 0.25) is 0 Å². The minimum atomic E-state index is -0.429. The van der Waals surface area contributed by atoms with E-state index in [9.17, 15) is 9.59 Å². The Morgan fingerprint density at radius 2 is 1.54 bits per heavy atom. The van der Waals surface area contributed by atoms with Crippen LogP contribution < -0.4 is 15.1 Å². The molecule has 0 heterocycles. The average molecular weight is 472 g/mol. The van der Waals surface area contributed by atoms with E-state index in [-0.39, 0.29) is 12.1 Å². The van der Waals surface area contributed by atoms with Crippen LogP contribution in [0.15, 0.2) is 78.9 Å². The summed E-state index contributed by atoms with van der Waals surface area (Å²) in [7, 11) is 5.39. The Kier molecular flexibility index (Phi) is 8.68. The van der Waals surface area contributed by atoms with Crippen molar-refractivity contribution < 1.29 is 14.3 Å². The molecule has 0 radical (unpaired) electrons. The second-order valence-electron chi connectivity index (χ2n) is 8.78. The molecule has 3 aromatic carbocycles. The molecule has 0 fully saturated rings. The number of methoxy groups -OCH3 is 1. The van der Waals surface area contributed by atoms with Gasteiger partial charge in [-0.25, -0.2) is 9.59 Å². The van der Waals surface area contributed by atoms with E-state index in [4.69, 9.17) is 0 Å². The molecule has 35 heavy (non-hydrogen) atoms. The zero-order chi connectivity index (χ0) is 25.4. The number of ether oxygens (including phenoxy) is 1. The third kappa shape index (κ3) is 7.21. The largest absolute Gasteiger partial charge is 0.466 e. The maximum Gasteiger partial charge on any atom is 0.330 e. The number of benzene rings is 3. The van der Waals surface area contributed by atoms with Gasteiger partial charge in [-0.3, -0.25) is 4.90 Å². The SMILES string of the molecule is COC(=O)/C=C/c1cccc(N(Cc2ccc(-c3ccc(N(C)C)cc3)cc2)C(=O)NC(C)C)c1. The van der Waals surface area contributed by atoms with Crippen molar-refractivity contribution in [3.8, 4) is 11.1 Å². The minimum absolute atomic E-state index is 0.0000775. The third-order valence-electron chi connectivity index (χ3n) is 5.46. The van der Waals surface area contributed by atoms with Crippen molar-refractivity contribution in [3.63, 3.8) is 0 Å². The number of rotatable bonds is 8. The molecule has 0 spiro atoms. The maximum absolute atomic E-state index is 13.1. The Morgan fingerprint density at radius 1 is 0.914 bits per heavy atom. The molecule has 1 N–H and O–H groups in total. The lowest BCUT2D eigenvalue weighted by molar-refractivity contribution is -0.134. The van der Waals surface area contributed by atoms with Gasteiger partial charge in [-0.05, 0) is 66.4 Å². The molecule has 0 atom stereocenters. The molecule has 0 saturated heterocycles. The van der Waals surface area contributed by atoms with Crippen molar-refractivity contribution in [2.75, 3.05) is 31.0 Å². The number of hydrogen-bond donors (Lipinski definition) is 1. The van der Waals surface area contributed by atoms with Crippen LogP contribution in [-0.4, -0.2) is 39.2 Å². The number of nitrogens with zero attached hydrogens (tertiary/aromatic N) is 2. The number of anilines is 2. The number of carbonyl (C=O) groups excluding carboxylic acids is 2. The monoisotopic (exact) mass is 471 g/mol. The molecule has 0 aliphatic heterocycles. The predicted molar refractivity (Wildman–Crippen MR) is 144 cm³/mol. The summed E-state index contributed by atoms with van der Waals surface area (Å²) in [5.41, 5.74) is 5.95. The van der Waals surface area contributed by atoms with E-state index in [1.165, 1.54) is 13.2 Å². The molecule has 3 rings (SSSR count). The standard InChI is InChI=1S/C29H33N3O3/c1-21(2)30-29(34)32(27-8-6-7-22(19-27)11-18-28(33)35-5)20-23-9-12-24(13-10-23)25-14-16-26(17-15-25)31(3)4/h6-19,21H,20H2,1-5H3,(H,30,34)/b18-11+. The van der Waals surface area contributed by atoms with Crippen molar-refractivity contribution >= 4 is 29.5 Å². The number of hydrogen-bond acceptors (Lipinski definition) is 4. The molecular weight excluding hydrogens is 438 g/mol. The topological polar surface area (TPSA) is 61.9 Å². The number of nitrogens with one attached hydrogen (secondary N) is 1. The molecule has 0 aliphatic carbocycles. The number of urea groups is 1. The van der Waals surface area contributed by atoms with E-state index >= 15 is 0 Å². The molecule has 0 bridgehead atoms. The van der Waals surface area contributed by atoms with E-state index in [1.54, 1.807) is 11.0 Å². The quantitative estimate of drug-likeness (QED) is 0.337. The highest BCUT2D eigenvalue weighted by Crippen LogP contribution is 2.25. The lowest BCUT2D eigenvalue weighted by Crippen LogP contribution is -2.42. The van der Waals surface area contributed by atoms with Gasteiger partial charge < -0.3 is 15.0 Å². The van der Waals surface area contributed by atoms with Gasteiger partial charge in [-0.1, -0.05) is 48.5 Å². The number of amides is 2. The lowest BCUT2D eigenvalue weighted by Gasteiger charge is -2.25. The van der Waals surface area contributed by atoms with Crippen molar-refractivity contribution in [2.45, 2.75) is 26.4 Å². The fraction of sp³-hybridized carbons (Fsp3) is 0.241. The van der Waals surface area contributed by atoms with Gasteiger partial charge in [0.15, 0.2) is 0 Å². The van der Waals surface area contributed by atoms with E-state index in [0.717, 1.165) is 33.6 Å². The lowest BCUT2D eigenvalue weighted by atomic mass is 10.0. The second kappa shape index (κ2) is 11.9. The molecule has 6 heteroatoms. The molecule has 6 nitrogen and oxygen atoms in total. The summed E-state index contributed by atoms with van der Waals surface area (Å²) in [5, 5.41) is 2.98. The van der Waals surface area contributed by atoms with Gasteiger partial charge >= 0.3 is 12.0 Å². The minimum Gasteiger partial charge on any atom is -0.466 e. The predicted octanol–water partition coefficient (Wildman–Crippen LogP) is 5.73. The first-order valence-corrected chi connectivity index (χ1v) is 11.6. The molecule has 0 unspecified atom stereocenters. The summed E-state index contributed by atoms with van der Waals surface area (Å²) in [5.74, 6) is -0.429. The Balaban J connectivity index is 1.84. The van der Waals surface area contributed by atoms with Crippen LogP contribution in [0.3, 0.4) is 0 Å². The fourth-order valence-corrected chi connectivity index (χ4v) is 3.57. The van der Waals surface area contributed by atoms with Gasteiger partial charge in [0.05, 0.1) is 13.7 Å². The highest BCUT2D eigenvalue weighted by Gasteiger charge is 2.17. The molecule has 0 aliphatic rings. The Bertz CT molecular complexity index is 1170. The number of carbonyl (C=O) groups is 2. The second-order valence-corrected chi connectivity index (χ2v) is 8.78. The van der Waals surface area contributed by atoms with E-state index in [1.807, 2.05) is 64.3 Å². The van der Waals surface area contributed by atoms with Crippen molar-refractivity contribution in [1.82, 2.24) is 5.32 Å². The first-order valence-electron chi connectivity index (χ1n) is 11.6. The van der Waals surface area contributed by atoms with Gasteiger partial charge in [0.25, 0.3) is 0 Å².